The Balaban J connectivity index is 2.55. The van der Waals surface area contributed by atoms with E-state index >= 15 is 0 Å². The maximum absolute atomic E-state index is 11.5. The van der Waals surface area contributed by atoms with Crippen molar-refractivity contribution < 1.29 is 8.42 Å². The molecule has 17 heavy (non-hydrogen) atoms. The van der Waals surface area contributed by atoms with Crippen molar-refractivity contribution >= 4 is 15.8 Å². The Morgan fingerprint density at radius 3 is 2.47 bits per heavy atom. The van der Waals surface area contributed by atoms with E-state index < -0.39 is 10.0 Å². The van der Waals surface area contributed by atoms with Crippen LogP contribution in [0.15, 0.2) is 6.20 Å². The fourth-order valence-electron chi connectivity index (χ4n) is 1.12. The van der Waals surface area contributed by atoms with Crippen LogP contribution in [-0.4, -0.2) is 49.1 Å². The molecule has 0 bridgehead atoms. The summed E-state index contributed by atoms with van der Waals surface area (Å²) in [6.07, 6.45) is 1.60. The van der Waals surface area contributed by atoms with Crippen molar-refractivity contribution in [3.8, 4) is 0 Å². The van der Waals surface area contributed by atoms with Crippen LogP contribution in [0.1, 0.15) is 11.4 Å². The second-order valence-electron chi connectivity index (χ2n) is 3.95. The first-order valence-electron chi connectivity index (χ1n) is 5.27. The van der Waals surface area contributed by atoms with Gasteiger partial charge < -0.3 is 5.32 Å². The fourth-order valence-corrected chi connectivity index (χ4v) is 1.84. The molecule has 7 heteroatoms. The molecule has 0 spiro atoms. The minimum atomic E-state index is -3.16. The summed E-state index contributed by atoms with van der Waals surface area (Å²) >= 11 is 0. The van der Waals surface area contributed by atoms with E-state index in [1.165, 1.54) is 18.4 Å². The van der Waals surface area contributed by atoms with E-state index in [9.17, 15) is 8.42 Å². The average molecular weight is 258 g/mol. The predicted molar refractivity (Wildman–Crippen MR) is 67.5 cm³/mol. The molecular weight excluding hydrogens is 240 g/mol. The van der Waals surface area contributed by atoms with Crippen molar-refractivity contribution in [3.05, 3.63) is 17.6 Å². The topological polar surface area (TPSA) is 75.2 Å². The van der Waals surface area contributed by atoms with Crippen molar-refractivity contribution in [1.29, 1.82) is 0 Å². The first-order chi connectivity index (χ1) is 7.83. The third kappa shape index (κ3) is 3.94. The van der Waals surface area contributed by atoms with Crippen molar-refractivity contribution in [3.63, 3.8) is 0 Å². The summed E-state index contributed by atoms with van der Waals surface area (Å²) in [5.41, 5.74) is 1.71. The van der Waals surface area contributed by atoms with Gasteiger partial charge in [-0.25, -0.2) is 17.7 Å². The maximum atomic E-state index is 11.5. The van der Waals surface area contributed by atoms with Crippen LogP contribution in [0.4, 0.5) is 5.82 Å². The van der Waals surface area contributed by atoms with Gasteiger partial charge in [0.25, 0.3) is 0 Å². The van der Waals surface area contributed by atoms with Crippen LogP contribution in [0, 0.1) is 13.8 Å². The molecular formula is C10H18N4O2S. The van der Waals surface area contributed by atoms with Crippen molar-refractivity contribution in [2.45, 2.75) is 13.8 Å². The molecule has 0 unspecified atom stereocenters. The average Bonchev–Trinajstić information content (AvgIpc) is 2.23. The Kier molecular flexibility index (Phi) is 4.41. The number of aryl methyl sites for hydroxylation is 2. The summed E-state index contributed by atoms with van der Waals surface area (Å²) in [6, 6.07) is 0. The molecule has 0 aliphatic heterocycles. The van der Waals surface area contributed by atoms with Gasteiger partial charge in [0.05, 0.1) is 23.3 Å². The number of hydrogen-bond donors (Lipinski definition) is 1. The molecule has 1 heterocycles. The van der Waals surface area contributed by atoms with Gasteiger partial charge in [0.15, 0.2) is 0 Å². The smallest absolute Gasteiger partial charge is 0.215 e. The summed E-state index contributed by atoms with van der Waals surface area (Å²) in [7, 11) is -0.126. The number of hydrogen-bond acceptors (Lipinski definition) is 5. The van der Waals surface area contributed by atoms with Crippen LogP contribution < -0.4 is 5.32 Å². The van der Waals surface area contributed by atoms with Gasteiger partial charge in [-0.1, -0.05) is 0 Å². The van der Waals surface area contributed by atoms with Crippen LogP contribution in [0.2, 0.25) is 0 Å². The largest absolute Gasteiger partial charge is 0.368 e. The standard InChI is InChI=1S/C10H18N4O2S/c1-8-9(2)13-10(7-12-8)11-5-6-17(15,16)14(3)4/h7H,5-6H2,1-4H3,(H,11,13). The summed E-state index contributed by atoms with van der Waals surface area (Å²) in [6.45, 7) is 4.06. The minimum Gasteiger partial charge on any atom is -0.368 e. The van der Waals surface area contributed by atoms with Gasteiger partial charge >= 0.3 is 0 Å². The van der Waals surface area contributed by atoms with Gasteiger partial charge in [-0.15, -0.1) is 0 Å². The molecule has 0 amide bonds. The molecule has 1 aromatic rings. The van der Waals surface area contributed by atoms with Crippen LogP contribution in [0.3, 0.4) is 0 Å². The number of sulfonamides is 1. The molecule has 0 aromatic carbocycles. The van der Waals surface area contributed by atoms with Crippen LogP contribution in [-0.2, 0) is 10.0 Å². The zero-order valence-corrected chi connectivity index (χ0v) is 11.4. The monoisotopic (exact) mass is 258 g/mol. The van der Waals surface area contributed by atoms with E-state index in [0.717, 1.165) is 11.4 Å². The van der Waals surface area contributed by atoms with Crippen molar-refractivity contribution in [2.75, 3.05) is 31.7 Å². The predicted octanol–water partition coefficient (Wildman–Crippen LogP) is 0.397. The normalized spacial score (nSPS) is 11.8. The number of nitrogens with one attached hydrogen (secondary N) is 1. The van der Waals surface area contributed by atoms with Gasteiger partial charge in [-0.3, -0.25) is 4.98 Å². The molecule has 0 saturated heterocycles. The first-order valence-corrected chi connectivity index (χ1v) is 6.88. The van der Waals surface area contributed by atoms with Crippen molar-refractivity contribution in [2.24, 2.45) is 0 Å². The van der Waals surface area contributed by atoms with Crippen LogP contribution in [0.5, 0.6) is 0 Å². The van der Waals surface area contributed by atoms with Gasteiger partial charge in [-0.05, 0) is 13.8 Å². The highest BCUT2D eigenvalue weighted by Crippen LogP contribution is 2.05. The Morgan fingerprint density at radius 2 is 1.94 bits per heavy atom. The third-order valence-corrected chi connectivity index (χ3v) is 4.25. The number of anilines is 1. The Hall–Kier alpha value is -1.21. The highest BCUT2D eigenvalue weighted by Gasteiger charge is 2.12. The lowest BCUT2D eigenvalue weighted by Gasteiger charge is -2.12. The molecule has 1 N–H and O–H groups in total. The van der Waals surface area contributed by atoms with Crippen LogP contribution in [0.25, 0.3) is 0 Å². The first kappa shape index (κ1) is 13.9. The molecule has 0 aliphatic carbocycles. The zero-order chi connectivity index (χ0) is 13.1. The second kappa shape index (κ2) is 5.42. The van der Waals surface area contributed by atoms with Crippen LogP contribution >= 0.6 is 0 Å². The lowest BCUT2D eigenvalue weighted by Crippen LogP contribution is -2.28. The van der Waals surface area contributed by atoms with E-state index in [0.29, 0.717) is 12.4 Å². The lowest BCUT2D eigenvalue weighted by molar-refractivity contribution is 0.521. The molecule has 1 aromatic heterocycles. The zero-order valence-electron chi connectivity index (χ0n) is 10.6. The van der Waals surface area contributed by atoms with E-state index in [4.69, 9.17) is 0 Å². The molecule has 1 rings (SSSR count). The number of aromatic nitrogens is 2. The molecule has 0 saturated carbocycles. The van der Waals surface area contributed by atoms with Gasteiger partial charge in [0.2, 0.25) is 10.0 Å². The van der Waals surface area contributed by atoms with E-state index in [-0.39, 0.29) is 5.75 Å². The van der Waals surface area contributed by atoms with Crippen molar-refractivity contribution in [1.82, 2.24) is 14.3 Å². The molecule has 0 fully saturated rings. The Bertz CT molecular complexity index is 485. The Labute approximate surface area is 102 Å². The summed E-state index contributed by atoms with van der Waals surface area (Å²) in [4.78, 5) is 8.40. The van der Waals surface area contributed by atoms with E-state index in [2.05, 4.69) is 15.3 Å². The maximum Gasteiger partial charge on any atom is 0.215 e. The van der Waals surface area contributed by atoms with Gasteiger partial charge in [-0.2, -0.15) is 0 Å². The van der Waals surface area contributed by atoms with Gasteiger partial charge in [0.1, 0.15) is 5.82 Å². The number of rotatable bonds is 5. The highest BCUT2D eigenvalue weighted by atomic mass is 32.2. The summed E-state index contributed by atoms with van der Waals surface area (Å²) in [5, 5.41) is 2.94. The molecule has 0 aliphatic rings. The number of nitrogens with zero attached hydrogens (tertiary/aromatic N) is 3. The minimum absolute atomic E-state index is 0.0363. The quantitative estimate of drug-likeness (QED) is 0.827. The van der Waals surface area contributed by atoms with E-state index in [1.807, 2.05) is 13.8 Å². The molecule has 0 atom stereocenters. The lowest BCUT2D eigenvalue weighted by atomic mass is 10.3. The third-order valence-electron chi connectivity index (χ3n) is 2.41. The fraction of sp³-hybridized carbons (Fsp3) is 0.600. The van der Waals surface area contributed by atoms with Gasteiger partial charge in [0, 0.05) is 20.6 Å². The molecule has 6 nitrogen and oxygen atoms in total. The van der Waals surface area contributed by atoms with E-state index in [1.54, 1.807) is 6.20 Å². The summed E-state index contributed by atoms with van der Waals surface area (Å²) in [5.74, 6) is 0.635. The second-order valence-corrected chi connectivity index (χ2v) is 6.25. The highest BCUT2D eigenvalue weighted by molar-refractivity contribution is 7.89. The SMILES string of the molecule is Cc1ncc(NCCS(=O)(=O)N(C)C)nc1C. The summed E-state index contributed by atoms with van der Waals surface area (Å²) < 4.78 is 24.2. The molecule has 96 valence electrons. The molecule has 0 radical (unpaired) electrons. The Morgan fingerprint density at radius 1 is 1.29 bits per heavy atom.